The minimum atomic E-state index is -0.554. The molecule has 4 heteroatoms. The highest BCUT2D eigenvalue weighted by atomic mass is 16.3. The number of hydrogen-bond donors (Lipinski definition) is 3. The number of carbonyl (C=O) groups is 1. The lowest BCUT2D eigenvalue weighted by Crippen LogP contribution is -2.40. The number of amides is 1. The molecule has 1 aromatic rings. The molecule has 0 aliphatic carbocycles. The van der Waals surface area contributed by atoms with Gasteiger partial charge in [-0.05, 0) is 11.1 Å². The van der Waals surface area contributed by atoms with Crippen molar-refractivity contribution in [3.63, 3.8) is 0 Å². The van der Waals surface area contributed by atoms with Crippen LogP contribution in [0.4, 0.5) is 0 Å². The first-order valence-corrected chi connectivity index (χ1v) is 4.49. The molecule has 1 amide bonds. The van der Waals surface area contributed by atoms with E-state index >= 15 is 0 Å². The van der Waals surface area contributed by atoms with Gasteiger partial charge in [0.05, 0.1) is 6.10 Å². The van der Waals surface area contributed by atoms with Crippen molar-refractivity contribution in [2.75, 3.05) is 6.54 Å². The van der Waals surface area contributed by atoms with Crippen LogP contribution in [-0.4, -0.2) is 17.6 Å². The minimum Gasteiger partial charge on any atom is -0.387 e. The van der Waals surface area contributed by atoms with Gasteiger partial charge in [-0.1, -0.05) is 24.3 Å². The van der Waals surface area contributed by atoms with E-state index in [1.54, 1.807) is 6.07 Å². The van der Waals surface area contributed by atoms with Gasteiger partial charge in [0.15, 0.2) is 0 Å². The zero-order valence-electron chi connectivity index (χ0n) is 7.60. The maximum absolute atomic E-state index is 11.1. The van der Waals surface area contributed by atoms with Crippen molar-refractivity contribution in [2.45, 2.75) is 12.1 Å². The Bertz CT molecular complexity index is 365. The van der Waals surface area contributed by atoms with Gasteiger partial charge in [0.25, 0.3) is 0 Å². The third-order valence-electron chi connectivity index (χ3n) is 2.47. The quantitative estimate of drug-likeness (QED) is 0.579. The van der Waals surface area contributed by atoms with Crippen molar-refractivity contribution in [1.29, 1.82) is 0 Å². The lowest BCUT2D eigenvalue weighted by molar-refractivity contribution is -0.120. The number of rotatable bonds is 1. The first-order chi connectivity index (χ1) is 6.70. The molecule has 0 radical (unpaired) electrons. The SMILES string of the molecule is NC(=O)C1NCC(O)c2ccccc21. The number of nitrogens with one attached hydrogen (secondary N) is 1. The van der Waals surface area contributed by atoms with Crippen LogP contribution in [0.25, 0.3) is 0 Å². The molecule has 2 atom stereocenters. The first kappa shape index (κ1) is 9.18. The van der Waals surface area contributed by atoms with Gasteiger partial charge < -0.3 is 10.8 Å². The topological polar surface area (TPSA) is 75.4 Å². The van der Waals surface area contributed by atoms with E-state index in [4.69, 9.17) is 5.73 Å². The summed E-state index contributed by atoms with van der Waals surface area (Å²) >= 11 is 0. The number of benzene rings is 1. The molecule has 0 aromatic heterocycles. The second-order valence-electron chi connectivity index (χ2n) is 3.39. The van der Waals surface area contributed by atoms with Gasteiger partial charge in [0, 0.05) is 6.54 Å². The Morgan fingerprint density at radius 2 is 2.07 bits per heavy atom. The summed E-state index contributed by atoms with van der Waals surface area (Å²) in [4.78, 5) is 11.1. The summed E-state index contributed by atoms with van der Waals surface area (Å²) in [6.07, 6.45) is -0.554. The fourth-order valence-electron chi connectivity index (χ4n) is 1.78. The predicted octanol–water partition coefficient (Wildman–Crippen LogP) is -0.150. The Hall–Kier alpha value is -1.39. The highest BCUT2D eigenvalue weighted by Gasteiger charge is 2.28. The number of β-amino-alcohol motifs (C(OH)–C–C–N with tert-alkyl or cyclic N) is 1. The van der Waals surface area contributed by atoms with Crippen molar-refractivity contribution in [3.8, 4) is 0 Å². The molecule has 0 bridgehead atoms. The van der Waals surface area contributed by atoms with Crippen LogP contribution in [0.2, 0.25) is 0 Å². The normalized spacial score (nSPS) is 25.5. The number of primary amides is 1. The molecule has 74 valence electrons. The van der Waals surface area contributed by atoms with Gasteiger partial charge in [0.2, 0.25) is 5.91 Å². The lowest BCUT2D eigenvalue weighted by atomic mass is 9.92. The van der Waals surface area contributed by atoms with Crippen LogP contribution in [0, 0.1) is 0 Å². The molecule has 1 aliphatic heterocycles. The smallest absolute Gasteiger partial charge is 0.239 e. The Balaban J connectivity index is 2.46. The molecule has 2 unspecified atom stereocenters. The summed E-state index contributed by atoms with van der Waals surface area (Å²) in [6, 6.07) is 6.81. The highest BCUT2D eigenvalue weighted by Crippen LogP contribution is 2.27. The van der Waals surface area contributed by atoms with Gasteiger partial charge >= 0.3 is 0 Å². The molecular formula is C10H12N2O2. The molecular weight excluding hydrogens is 180 g/mol. The molecule has 0 fully saturated rings. The number of aliphatic hydroxyl groups is 1. The zero-order chi connectivity index (χ0) is 10.1. The average molecular weight is 192 g/mol. The van der Waals surface area contributed by atoms with E-state index in [1.165, 1.54) is 0 Å². The standard InChI is InChI=1S/C10H12N2O2/c11-10(14)9-7-4-2-1-3-6(7)8(13)5-12-9/h1-4,8-9,12-13H,5H2,(H2,11,14). The largest absolute Gasteiger partial charge is 0.387 e. The van der Waals surface area contributed by atoms with Crippen molar-refractivity contribution in [1.82, 2.24) is 5.32 Å². The molecule has 1 aliphatic rings. The monoisotopic (exact) mass is 192 g/mol. The van der Waals surface area contributed by atoms with Gasteiger partial charge in [-0.2, -0.15) is 0 Å². The zero-order valence-corrected chi connectivity index (χ0v) is 7.60. The molecule has 1 heterocycles. The summed E-state index contributed by atoms with van der Waals surface area (Å²) in [7, 11) is 0. The fraction of sp³-hybridized carbons (Fsp3) is 0.300. The third kappa shape index (κ3) is 1.38. The second-order valence-corrected chi connectivity index (χ2v) is 3.39. The van der Waals surface area contributed by atoms with Crippen LogP contribution in [0.5, 0.6) is 0 Å². The Labute approximate surface area is 81.7 Å². The highest BCUT2D eigenvalue weighted by molar-refractivity contribution is 5.82. The van der Waals surface area contributed by atoms with Crippen LogP contribution in [0.1, 0.15) is 23.3 Å². The van der Waals surface area contributed by atoms with Crippen LogP contribution >= 0.6 is 0 Å². The summed E-state index contributed by atoms with van der Waals surface area (Å²) in [5.41, 5.74) is 6.81. The number of carbonyl (C=O) groups excluding carboxylic acids is 1. The van der Waals surface area contributed by atoms with Crippen molar-refractivity contribution in [2.24, 2.45) is 5.73 Å². The predicted molar refractivity (Wildman–Crippen MR) is 51.3 cm³/mol. The third-order valence-corrected chi connectivity index (χ3v) is 2.47. The van der Waals surface area contributed by atoms with Crippen LogP contribution in [-0.2, 0) is 4.79 Å². The summed E-state index contributed by atoms with van der Waals surface area (Å²) in [5.74, 6) is -0.413. The minimum absolute atomic E-state index is 0.366. The van der Waals surface area contributed by atoms with Crippen molar-refractivity contribution in [3.05, 3.63) is 35.4 Å². The molecule has 1 aromatic carbocycles. The van der Waals surface area contributed by atoms with Gasteiger partial charge in [-0.15, -0.1) is 0 Å². The molecule has 0 spiro atoms. The van der Waals surface area contributed by atoms with Gasteiger partial charge in [0.1, 0.15) is 6.04 Å². The first-order valence-electron chi connectivity index (χ1n) is 4.49. The number of hydrogen-bond acceptors (Lipinski definition) is 3. The molecule has 4 nitrogen and oxygen atoms in total. The van der Waals surface area contributed by atoms with Crippen LogP contribution in [0.15, 0.2) is 24.3 Å². The van der Waals surface area contributed by atoms with E-state index in [2.05, 4.69) is 5.32 Å². The molecule has 0 saturated carbocycles. The molecule has 4 N–H and O–H groups in total. The van der Waals surface area contributed by atoms with E-state index in [1.807, 2.05) is 18.2 Å². The summed E-state index contributed by atoms with van der Waals surface area (Å²) in [5, 5.41) is 12.5. The Kier molecular flexibility index (Phi) is 2.23. The maximum atomic E-state index is 11.1. The summed E-state index contributed by atoms with van der Waals surface area (Å²) < 4.78 is 0. The van der Waals surface area contributed by atoms with E-state index in [0.29, 0.717) is 6.54 Å². The van der Waals surface area contributed by atoms with E-state index in [-0.39, 0.29) is 0 Å². The van der Waals surface area contributed by atoms with Gasteiger partial charge in [-0.3, -0.25) is 10.1 Å². The lowest BCUT2D eigenvalue weighted by Gasteiger charge is -2.28. The molecule has 0 saturated heterocycles. The number of nitrogens with two attached hydrogens (primary N) is 1. The van der Waals surface area contributed by atoms with E-state index < -0.39 is 18.1 Å². The van der Waals surface area contributed by atoms with E-state index in [0.717, 1.165) is 11.1 Å². The molecule has 2 rings (SSSR count). The van der Waals surface area contributed by atoms with Crippen LogP contribution < -0.4 is 11.1 Å². The second kappa shape index (κ2) is 3.40. The Morgan fingerprint density at radius 1 is 1.43 bits per heavy atom. The van der Waals surface area contributed by atoms with Crippen molar-refractivity contribution >= 4 is 5.91 Å². The fourth-order valence-corrected chi connectivity index (χ4v) is 1.78. The number of fused-ring (bicyclic) bond motifs is 1. The van der Waals surface area contributed by atoms with E-state index in [9.17, 15) is 9.90 Å². The maximum Gasteiger partial charge on any atom is 0.239 e. The van der Waals surface area contributed by atoms with Crippen molar-refractivity contribution < 1.29 is 9.90 Å². The Morgan fingerprint density at radius 3 is 2.71 bits per heavy atom. The van der Waals surface area contributed by atoms with Crippen LogP contribution in [0.3, 0.4) is 0 Å². The molecule has 14 heavy (non-hydrogen) atoms. The number of aliphatic hydroxyl groups excluding tert-OH is 1. The van der Waals surface area contributed by atoms with Gasteiger partial charge in [-0.25, -0.2) is 0 Å². The average Bonchev–Trinajstić information content (AvgIpc) is 2.18. The summed E-state index contributed by atoms with van der Waals surface area (Å²) in [6.45, 7) is 0.366.